The van der Waals surface area contributed by atoms with Crippen LogP contribution >= 0.6 is 0 Å². The maximum Gasteiger partial charge on any atom is 0.289 e. The van der Waals surface area contributed by atoms with Crippen LogP contribution in [0, 0.1) is 21.4 Å². The van der Waals surface area contributed by atoms with Crippen LogP contribution in [0.4, 0.5) is 11.5 Å². The number of rotatable bonds is 5. The minimum Gasteiger partial charge on any atom is -0.394 e. The van der Waals surface area contributed by atoms with E-state index in [0.29, 0.717) is 25.5 Å². The molecule has 1 N–H and O–H groups in total. The van der Waals surface area contributed by atoms with Crippen molar-refractivity contribution in [2.24, 2.45) is 0 Å². The van der Waals surface area contributed by atoms with Crippen molar-refractivity contribution >= 4 is 11.5 Å². The van der Waals surface area contributed by atoms with Crippen molar-refractivity contribution in [1.82, 2.24) is 4.98 Å². The summed E-state index contributed by atoms with van der Waals surface area (Å²) in [6.45, 7) is 1.65. The summed E-state index contributed by atoms with van der Waals surface area (Å²) in [5, 5.41) is 28.6. The molecular weight excluding hydrogens is 276 g/mol. The van der Waals surface area contributed by atoms with Crippen molar-refractivity contribution in [3.8, 4) is 6.07 Å². The summed E-state index contributed by atoms with van der Waals surface area (Å²) in [5.41, 5.74) is 0.0235. The molecule has 0 atom stereocenters. The van der Waals surface area contributed by atoms with Crippen LogP contribution in [-0.4, -0.2) is 47.4 Å². The zero-order chi connectivity index (χ0) is 15.2. The lowest BCUT2D eigenvalue weighted by Crippen LogP contribution is -2.38. The fraction of sp³-hybridized carbons (Fsp3) is 0.538. The van der Waals surface area contributed by atoms with E-state index in [1.807, 2.05) is 11.0 Å². The molecule has 1 aromatic rings. The van der Waals surface area contributed by atoms with Crippen molar-refractivity contribution in [2.75, 3.05) is 31.2 Å². The molecule has 1 aliphatic heterocycles. The van der Waals surface area contributed by atoms with Crippen LogP contribution in [0.2, 0.25) is 0 Å². The summed E-state index contributed by atoms with van der Waals surface area (Å²) in [6.07, 6.45) is 2.80. The summed E-state index contributed by atoms with van der Waals surface area (Å²) in [7, 11) is 0. The van der Waals surface area contributed by atoms with Gasteiger partial charge >= 0.3 is 0 Å². The number of anilines is 1. The predicted molar refractivity (Wildman–Crippen MR) is 73.9 cm³/mol. The van der Waals surface area contributed by atoms with E-state index in [9.17, 15) is 10.1 Å². The molecule has 0 spiro atoms. The van der Waals surface area contributed by atoms with Gasteiger partial charge in [-0.25, -0.2) is 4.98 Å². The lowest BCUT2D eigenvalue weighted by Gasteiger charge is -2.32. The fourth-order valence-corrected chi connectivity index (χ4v) is 2.33. The topological polar surface area (TPSA) is 113 Å². The number of ether oxygens (including phenoxy) is 1. The molecule has 0 radical (unpaired) electrons. The Hall–Kier alpha value is -2.24. The average molecular weight is 292 g/mol. The number of nitrogens with zero attached hydrogens (tertiary/aromatic N) is 4. The summed E-state index contributed by atoms with van der Waals surface area (Å²) >= 11 is 0. The number of piperidine rings is 1. The number of pyridine rings is 1. The lowest BCUT2D eigenvalue weighted by molar-refractivity contribution is -0.385. The van der Waals surface area contributed by atoms with Crippen LogP contribution in [-0.2, 0) is 4.74 Å². The summed E-state index contributed by atoms with van der Waals surface area (Å²) in [6, 6.07) is 3.21. The van der Waals surface area contributed by atoms with Crippen LogP contribution < -0.4 is 4.90 Å². The zero-order valence-electron chi connectivity index (χ0n) is 11.4. The Morgan fingerprint density at radius 2 is 2.29 bits per heavy atom. The van der Waals surface area contributed by atoms with Gasteiger partial charge in [0.1, 0.15) is 23.6 Å². The number of hydrogen-bond donors (Lipinski definition) is 1. The Balaban J connectivity index is 2.06. The number of aliphatic hydroxyl groups excluding tert-OH is 1. The summed E-state index contributed by atoms with van der Waals surface area (Å²) in [5.74, 6) is 0.476. The van der Waals surface area contributed by atoms with Crippen molar-refractivity contribution in [2.45, 2.75) is 18.9 Å². The molecule has 2 rings (SSSR count). The molecule has 0 amide bonds. The van der Waals surface area contributed by atoms with Gasteiger partial charge in [0.05, 0.1) is 24.2 Å². The Kier molecular flexibility index (Phi) is 5.03. The van der Waals surface area contributed by atoms with Gasteiger partial charge in [0.15, 0.2) is 0 Å². The van der Waals surface area contributed by atoms with Crippen LogP contribution in [0.1, 0.15) is 18.4 Å². The molecule has 0 aliphatic carbocycles. The molecule has 0 aromatic carbocycles. The monoisotopic (exact) mass is 292 g/mol. The highest BCUT2D eigenvalue weighted by atomic mass is 16.6. The van der Waals surface area contributed by atoms with E-state index in [0.717, 1.165) is 12.8 Å². The fourth-order valence-electron chi connectivity index (χ4n) is 2.33. The molecule has 21 heavy (non-hydrogen) atoms. The molecule has 0 unspecified atom stereocenters. The SMILES string of the molecule is N#Cc1cc([N+](=O)[O-])cnc1N1CCC(OCCO)CC1. The summed E-state index contributed by atoms with van der Waals surface area (Å²) in [4.78, 5) is 16.1. The third-order valence-corrected chi connectivity index (χ3v) is 3.37. The Bertz CT molecular complexity index is 550. The van der Waals surface area contributed by atoms with E-state index < -0.39 is 4.92 Å². The maximum atomic E-state index is 10.7. The molecule has 0 saturated carbocycles. The Labute approximate surface area is 121 Å². The highest BCUT2D eigenvalue weighted by Gasteiger charge is 2.23. The van der Waals surface area contributed by atoms with E-state index in [4.69, 9.17) is 15.1 Å². The molecule has 1 aromatic heterocycles. The van der Waals surface area contributed by atoms with Gasteiger partial charge in [0.25, 0.3) is 5.69 Å². The van der Waals surface area contributed by atoms with E-state index in [1.54, 1.807) is 0 Å². The normalized spacial score (nSPS) is 15.7. The van der Waals surface area contributed by atoms with Gasteiger partial charge in [-0.2, -0.15) is 5.26 Å². The molecule has 0 bridgehead atoms. The standard InChI is InChI=1S/C13H16N4O4/c14-8-10-7-11(17(19)20)9-15-13(10)16-3-1-12(2-4-16)21-6-5-18/h7,9,12,18H,1-6H2. The summed E-state index contributed by atoms with van der Waals surface area (Å²) < 4.78 is 5.47. The lowest BCUT2D eigenvalue weighted by atomic mass is 10.1. The van der Waals surface area contributed by atoms with E-state index >= 15 is 0 Å². The van der Waals surface area contributed by atoms with Gasteiger partial charge in [-0.1, -0.05) is 0 Å². The second-order valence-corrected chi connectivity index (χ2v) is 4.71. The van der Waals surface area contributed by atoms with Gasteiger partial charge in [-0.05, 0) is 12.8 Å². The number of nitro groups is 1. The van der Waals surface area contributed by atoms with Gasteiger partial charge in [-0.15, -0.1) is 0 Å². The van der Waals surface area contributed by atoms with Gasteiger partial charge in [-0.3, -0.25) is 10.1 Å². The largest absolute Gasteiger partial charge is 0.394 e. The molecular formula is C13H16N4O4. The number of hydrogen-bond acceptors (Lipinski definition) is 7. The van der Waals surface area contributed by atoms with Crippen LogP contribution in [0.25, 0.3) is 0 Å². The first-order valence-electron chi connectivity index (χ1n) is 6.67. The van der Waals surface area contributed by atoms with Crippen LogP contribution in [0.15, 0.2) is 12.3 Å². The first-order chi connectivity index (χ1) is 10.2. The van der Waals surface area contributed by atoms with Crippen LogP contribution in [0.3, 0.4) is 0 Å². The molecule has 8 heteroatoms. The minimum absolute atomic E-state index is 0.00268. The third kappa shape index (κ3) is 3.65. The van der Waals surface area contributed by atoms with Crippen molar-refractivity contribution in [1.29, 1.82) is 5.26 Å². The molecule has 2 heterocycles. The zero-order valence-corrected chi connectivity index (χ0v) is 11.4. The quantitative estimate of drug-likeness (QED) is 0.632. The van der Waals surface area contributed by atoms with Crippen molar-refractivity contribution in [3.05, 3.63) is 27.9 Å². The third-order valence-electron chi connectivity index (χ3n) is 3.37. The van der Waals surface area contributed by atoms with E-state index in [1.165, 1.54) is 12.3 Å². The van der Waals surface area contributed by atoms with E-state index in [2.05, 4.69) is 4.98 Å². The molecule has 1 saturated heterocycles. The Morgan fingerprint density at radius 3 is 2.86 bits per heavy atom. The first kappa shape index (κ1) is 15.2. The van der Waals surface area contributed by atoms with Gasteiger partial charge in [0, 0.05) is 19.2 Å². The molecule has 1 aliphatic rings. The predicted octanol–water partition coefficient (Wildman–Crippen LogP) is 0.839. The second kappa shape index (κ2) is 6.97. The van der Waals surface area contributed by atoms with Crippen molar-refractivity contribution < 1.29 is 14.8 Å². The van der Waals surface area contributed by atoms with Crippen LogP contribution in [0.5, 0.6) is 0 Å². The van der Waals surface area contributed by atoms with Gasteiger partial charge in [0.2, 0.25) is 0 Å². The number of aromatic nitrogens is 1. The Morgan fingerprint density at radius 1 is 1.57 bits per heavy atom. The highest BCUT2D eigenvalue weighted by molar-refractivity contribution is 5.57. The molecule has 112 valence electrons. The number of aliphatic hydroxyl groups is 1. The second-order valence-electron chi connectivity index (χ2n) is 4.71. The van der Waals surface area contributed by atoms with E-state index in [-0.39, 0.29) is 24.0 Å². The number of nitriles is 1. The molecule has 1 fully saturated rings. The van der Waals surface area contributed by atoms with Gasteiger partial charge < -0.3 is 14.7 Å². The first-order valence-corrected chi connectivity index (χ1v) is 6.67. The smallest absolute Gasteiger partial charge is 0.289 e. The van der Waals surface area contributed by atoms with Crippen molar-refractivity contribution in [3.63, 3.8) is 0 Å². The average Bonchev–Trinajstić information content (AvgIpc) is 2.52. The minimum atomic E-state index is -0.563. The maximum absolute atomic E-state index is 10.7. The highest BCUT2D eigenvalue weighted by Crippen LogP contribution is 2.25. The molecule has 8 nitrogen and oxygen atoms in total.